The lowest BCUT2D eigenvalue weighted by atomic mass is 10.1. The van der Waals surface area contributed by atoms with Crippen LogP contribution in [0.4, 0.5) is 18.9 Å². The number of alkyl halides is 3. The van der Waals surface area contributed by atoms with Gasteiger partial charge >= 0.3 is 6.18 Å². The van der Waals surface area contributed by atoms with E-state index in [9.17, 15) is 13.2 Å². The SMILES string of the molecule is CCCCNc1ccccc1C(F)(F)F. The predicted octanol–water partition coefficient (Wildman–Crippen LogP) is 3.92. The highest BCUT2D eigenvalue weighted by Crippen LogP contribution is 2.34. The minimum Gasteiger partial charge on any atom is -0.385 e. The summed E-state index contributed by atoms with van der Waals surface area (Å²) in [4.78, 5) is 0. The molecule has 0 unspecified atom stereocenters. The van der Waals surface area contributed by atoms with E-state index in [-0.39, 0.29) is 5.69 Å². The van der Waals surface area contributed by atoms with Crippen molar-refractivity contribution >= 4 is 5.69 Å². The molecule has 84 valence electrons. The van der Waals surface area contributed by atoms with Gasteiger partial charge in [0.25, 0.3) is 0 Å². The van der Waals surface area contributed by atoms with Gasteiger partial charge in [0.05, 0.1) is 5.56 Å². The van der Waals surface area contributed by atoms with Crippen LogP contribution in [0, 0.1) is 0 Å². The molecule has 0 saturated carbocycles. The number of rotatable bonds is 4. The van der Waals surface area contributed by atoms with Gasteiger partial charge in [0.2, 0.25) is 0 Å². The second-order valence-electron chi connectivity index (χ2n) is 3.32. The van der Waals surface area contributed by atoms with E-state index in [0.29, 0.717) is 6.54 Å². The fraction of sp³-hybridized carbons (Fsp3) is 0.455. The van der Waals surface area contributed by atoms with E-state index < -0.39 is 11.7 Å². The van der Waals surface area contributed by atoms with Gasteiger partial charge in [-0.1, -0.05) is 25.5 Å². The summed E-state index contributed by atoms with van der Waals surface area (Å²) in [6.07, 6.45) is -2.46. The summed E-state index contributed by atoms with van der Waals surface area (Å²) in [6.45, 7) is 2.57. The maximum atomic E-state index is 12.5. The largest absolute Gasteiger partial charge is 0.418 e. The molecule has 1 aromatic rings. The van der Waals surface area contributed by atoms with Crippen LogP contribution in [-0.4, -0.2) is 6.54 Å². The van der Waals surface area contributed by atoms with Gasteiger partial charge in [0, 0.05) is 12.2 Å². The first-order valence-corrected chi connectivity index (χ1v) is 4.95. The minimum atomic E-state index is -4.28. The number of anilines is 1. The molecule has 0 spiro atoms. The monoisotopic (exact) mass is 217 g/mol. The number of hydrogen-bond donors (Lipinski definition) is 1. The second-order valence-corrected chi connectivity index (χ2v) is 3.32. The Kier molecular flexibility index (Phi) is 4.00. The molecule has 0 aliphatic heterocycles. The van der Waals surface area contributed by atoms with Crippen molar-refractivity contribution in [1.82, 2.24) is 0 Å². The Morgan fingerprint density at radius 2 is 1.87 bits per heavy atom. The van der Waals surface area contributed by atoms with Crippen molar-refractivity contribution in [3.63, 3.8) is 0 Å². The fourth-order valence-corrected chi connectivity index (χ4v) is 1.28. The van der Waals surface area contributed by atoms with Gasteiger partial charge in [-0.25, -0.2) is 0 Å². The zero-order chi connectivity index (χ0) is 11.3. The van der Waals surface area contributed by atoms with Crippen LogP contribution in [0.25, 0.3) is 0 Å². The molecular formula is C11H14F3N. The van der Waals surface area contributed by atoms with Gasteiger partial charge in [-0.05, 0) is 18.6 Å². The van der Waals surface area contributed by atoms with E-state index in [4.69, 9.17) is 0 Å². The highest BCUT2D eigenvalue weighted by molar-refractivity contribution is 5.52. The Labute approximate surface area is 87.3 Å². The maximum Gasteiger partial charge on any atom is 0.418 e. The third kappa shape index (κ3) is 3.46. The summed E-state index contributed by atoms with van der Waals surface area (Å²) in [5.41, 5.74) is -0.431. The average Bonchev–Trinajstić information content (AvgIpc) is 2.17. The van der Waals surface area contributed by atoms with E-state index in [1.54, 1.807) is 6.07 Å². The lowest BCUT2D eigenvalue weighted by Gasteiger charge is -2.13. The standard InChI is InChI=1S/C11H14F3N/c1-2-3-8-15-10-7-5-4-6-9(10)11(12,13)14/h4-7,15H,2-3,8H2,1H3. The Hall–Kier alpha value is -1.19. The van der Waals surface area contributed by atoms with Crippen LogP contribution in [0.5, 0.6) is 0 Å². The lowest BCUT2D eigenvalue weighted by molar-refractivity contribution is -0.136. The first kappa shape index (κ1) is 11.9. The molecule has 4 heteroatoms. The normalized spacial score (nSPS) is 11.5. The number of hydrogen-bond acceptors (Lipinski definition) is 1. The maximum absolute atomic E-state index is 12.5. The molecule has 15 heavy (non-hydrogen) atoms. The summed E-state index contributed by atoms with van der Waals surface area (Å²) in [7, 11) is 0. The highest BCUT2D eigenvalue weighted by atomic mass is 19.4. The van der Waals surface area contributed by atoms with Crippen molar-refractivity contribution in [2.24, 2.45) is 0 Å². The summed E-state index contributed by atoms with van der Waals surface area (Å²) in [6, 6.07) is 5.55. The first-order valence-electron chi connectivity index (χ1n) is 4.95. The quantitative estimate of drug-likeness (QED) is 0.754. The third-order valence-corrected chi connectivity index (χ3v) is 2.08. The third-order valence-electron chi connectivity index (χ3n) is 2.08. The number of para-hydroxylation sites is 1. The molecule has 0 fully saturated rings. The number of halogens is 3. The molecule has 1 N–H and O–H groups in total. The number of unbranched alkanes of at least 4 members (excludes halogenated alkanes) is 1. The van der Waals surface area contributed by atoms with Gasteiger partial charge in [-0.3, -0.25) is 0 Å². The summed E-state index contributed by atoms with van der Waals surface area (Å²) in [5.74, 6) is 0. The van der Waals surface area contributed by atoms with Crippen molar-refractivity contribution in [3.8, 4) is 0 Å². The molecule has 1 aromatic carbocycles. The van der Waals surface area contributed by atoms with E-state index in [0.717, 1.165) is 18.9 Å². The second kappa shape index (κ2) is 5.05. The van der Waals surface area contributed by atoms with E-state index in [2.05, 4.69) is 5.32 Å². The van der Waals surface area contributed by atoms with Crippen LogP contribution < -0.4 is 5.32 Å². The van der Waals surface area contributed by atoms with Gasteiger partial charge < -0.3 is 5.32 Å². The molecule has 0 atom stereocenters. The number of nitrogens with one attached hydrogen (secondary N) is 1. The fourth-order valence-electron chi connectivity index (χ4n) is 1.28. The summed E-state index contributed by atoms with van der Waals surface area (Å²) >= 11 is 0. The molecular weight excluding hydrogens is 203 g/mol. The molecule has 0 amide bonds. The predicted molar refractivity (Wildman–Crippen MR) is 54.8 cm³/mol. The van der Waals surface area contributed by atoms with Crippen LogP contribution in [0.15, 0.2) is 24.3 Å². The Morgan fingerprint density at radius 3 is 2.47 bits per heavy atom. The zero-order valence-electron chi connectivity index (χ0n) is 8.56. The Balaban J connectivity index is 2.78. The molecule has 1 rings (SSSR count). The molecule has 1 nitrogen and oxygen atoms in total. The molecule has 0 aliphatic carbocycles. The van der Waals surface area contributed by atoms with Gasteiger partial charge in [0.15, 0.2) is 0 Å². The van der Waals surface area contributed by atoms with Gasteiger partial charge in [-0.15, -0.1) is 0 Å². The van der Waals surface area contributed by atoms with Crippen LogP contribution in [0.1, 0.15) is 25.3 Å². The molecule has 0 bridgehead atoms. The molecule has 0 radical (unpaired) electrons. The van der Waals surface area contributed by atoms with Crippen LogP contribution in [0.2, 0.25) is 0 Å². The van der Waals surface area contributed by atoms with Crippen molar-refractivity contribution in [2.45, 2.75) is 25.9 Å². The van der Waals surface area contributed by atoms with Gasteiger partial charge in [-0.2, -0.15) is 13.2 Å². The minimum absolute atomic E-state index is 0.165. The lowest BCUT2D eigenvalue weighted by Crippen LogP contribution is -2.11. The highest BCUT2D eigenvalue weighted by Gasteiger charge is 2.32. The number of benzene rings is 1. The topological polar surface area (TPSA) is 12.0 Å². The van der Waals surface area contributed by atoms with E-state index in [1.165, 1.54) is 12.1 Å². The van der Waals surface area contributed by atoms with Crippen molar-refractivity contribution in [2.75, 3.05) is 11.9 Å². The van der Waals surface area contributed by atoms with Crippen molar-refractivity contribution in [1.29, 1.82) is 0 Å². The van der Waals surface area contributed by atoms with Crippen molar-refractivity contribution < 1.29 is 13.2 Å². The smallest absolute Gasteiger partial charge is 0.385 e. The Bertz CT molecular complexity index is 307. The van der Waals surface area contributed by atoms with Gasteiger partial charge in [0.1, 0.15) is 0 Å². The molecule has 0 aromatic heterocycles. The van der Waals surface area contributed by atoms with E-state index in [1.807, 2.05) is 6.92 Å². The molecule has 0 heterocycles. The Morgan fingerprint density at radius 1 is 1.20 bits per heavy atom. The van der Waals surface area contributed by atoms with Crippen LogP contribution >= 0.6 is 0 Å². The van der Waals surface area contributed by atoms with Crippen LogP contribution in [0.3, 0.4) is 0 Å². The van der Waals surface area contributed by atoms with E-state index >= 15 is 0 Å². The molecule has 0 saturated heterocycles. The summed E-state index contributed by atoms with van der Waals surface area (Å²) < 4.78 is 37.6. The summed E-state index contributed by atoms with van der Waals surface area (Å²) in [5, 5.41) is 2.80. The van der Waals surface area contributed by atoms with Crippen molar-refractivity contribution in [3.05, 3.63) is 29.8 Å². The zero-order valence-corrected chi connectivity index (χ0v) is 8.56. The molecule has 0 aliphatic rings. The average molecular weight is 217 g/mol. The first-order chi connectivity index (χ1) is 7.05. The van der Waals surface area contributed by atoms with Crippen LogP contribution in [-0.2, 0) is 6.18 Å².